The largest absolute Gasteiger partial charge is 0.370 e. The van der Waals surface area contributed by atoms with E-state index >= 15 is 0 Å². The van der Waals surface area contributed by atoms with Crippen LogP contribution in [0.1, 0.15) is 25.5 Å². The lowest BCUT2D eigenvalue weighted by molar-refractivity contribution is -0.136. The van der Waals surface area contributed by atoms with Gasteiger partial charge in [0, 0.05) is 45.7 Å². The van der Waals surface area contributed by atoms with Crippen LogP contribution in [-0.4, -0.2) is 64.9 Å². The molecule has 10 nitrogen and oxygen atoms in total. The first-order valence-electron chi connectivity index (χ1n) is 11.4. The molecule has 1 aromatic carbocycles. The number of likely N-dealkylation sites (N-methyl/N-ethyl adjacent to an activating group) is 1. The van der Waals surface area contributed by atoms with Crippen LogP contribution in [0.4, 0.5) is 11.6 Å². The second-order valence-electron chi connectivity index (χ2n) is 8.91. The molecule has 0 spiro atoms. The number of methoxy groups -OCH3 is 1. The van der Waals surface area contributed by atoms with Gasteiger partial charge in [-0.15, -0.1) is 0 Å². The average Bonchev–Trinajstić information content (AvgIpc) is 2.90. The number of anilines is 2. The normalized spacial score (nSPS) is 16.3. The molecule has 0 aliphatic carbocycles. The Kier molecular flexibility index (Phi) is 6.95. The molecule has 1 saturated heterocycles. The van der Waals surface area contributed by atoms with Crippen LogP contribution in [0.3, 0.4) is 0 Å². The van der Waals surface area contributed by atoms with Crippen LogP contribution >= 0.6 is 0 Å². The highest BCUT2D eigenvalue weighted by Gasteiger charge is 2.31. The highest BCUT2D eigenvalue weighted by molar-refractivity contribution is 5.98. The third kappa shape index (κ3) is 5.08. The van der Waals surface area contributed by atoms with E-state index in [1.54, 1.807) is 45.1 Å². The highest BCUT2D eigenvalue weighted by Crippen LogP contribution is 2.28. The number of carbonyl (C=O) groups excluding carboxylic acids is 1. The first-order valence-corrected chi connectivity index (χ1v) is 11.4. The minimum atomic E-state index is -0.913. The number of benzene rings is 1. The Bertz CT molecular complexity index is 1240. The third-order valence-corrected chi connectivity index (χ3v) is 6.29. The molecule has 1 aliphatic rings. The van der Waals surface area contributed by atoms with E-state index in [2.05, 4.69) is 9.97 Å². The first-order chi connectivity index (χ1) is 16.7. The molecular weight excluding hydrogens is 448 g/mol. The van der Waals surface area contributed by atoms with Crippen LogP contribution in [-0.2, 0) is 21.3 Å². The first kappa shape index (κ1) is 24.5. The summed E-state index contributed by atoms with van der Waals surface area (Å²) in [7, 11) is 4.96. The zero-order chi connectivity index (χ0) is 25.2. The molecule has 3 heterocycles. The number of rotatable bonds is 6. The Hall–Kier alpha value is -3.63. The van der Waals surface area contributed by atoms with Gasteiger partial charge in [-0.3, -0.25) is 14.2 Å². The van der Waals surface area contributed by atoms with Crippen molar-refractivity contribution in [1.82, 2.24) is 19.5 Å². The summed E-state index contributed by atoms with van der Waals surface area (Å²) in [6.45, 7) is 5.10. The fourth-order valence-electron chi connectivity index (χ4n) is 3.94. The van der Waals surface area contributed by atoms with Crippen molar-refractivity contribution >= 4 is 17.5 Å². The van der Waals surface area contributed by atoms with Gasteiger partial charge in [0.15, 0.2) is 0 Å². The number of aromatic nitrogens is 4. The summed E-state index contributed by atoms with van der Waals surface area (Å²) in [5, 5.41) is 0. The van der Waals surface area contributed by atoms with Gasteiger partial charge in [0.05, 0.1) is 24.5 Å². The van der Waals surface area contributed by atoms with E-state index < -0.39 is 5.60 Å². The minimum absolute atomic E-state index is 0.136. The molecule has 4 rings (SSSR count). The zero-order valence-corrected chi connectivity index (χ0v) is 20.6. The van der Waals surface area contributed by atoms with Crippen molar-refractivity contribution < 1.29 is 14.3 Å². The molecule has 0 unspecified atom stereocenters. The van der Waals surface area contributed by atoms with Gasteiger partial charge in [0.1, 0.15) is 18.0 Å². The van der Waals surface area contributed by atoms with Crippen LogP contribution in [0.5, 0.6) is 0 Å². The number of hydrogen-bond donors (Lipinski definition) is 0. The predicted octanol–water partition coefficient (Wildman–Crippen LogP) is 2.20. The Morgan fingerprint density at radius 1 is 1.20 bits per heavy atom. The molecule has 2 aromatic heterocycles. The molecule has 1 fully saturated rings. The smallest absolute Gasteiger partial charge is 0.258 e. The lowest BCUT2D eigenvalue weighted by atomic mass is 10.1. The number of amides is 1. The monoisotopic (exact) mass is 478 g/mol. The number of hydrogen-bond acceptors (Lipinski definition) is 8. The standard InChI is InChI=1S/C25H30N6O4/c1-25(2,34-5)23(33)29(3)18-8-6-17(7-9-18)21-15-31(12-13-35-21)24-28-20(14-22(32)30(24)4)19-10-11-26-16-27-19/h6-11,14,16,21H,12-13,15H2,1-5H3/t21-/m1/s1. The molecule has 1 amide bonds. The molecule has 1 aliphatic heterocycles. The Labute approximate surface area is 204 Å². The molecule has 0 saturated carbocycles. The maximum Gasteiger partial charge on any atom is 0.258 e. The molecule has 1 atom stereocenters. The van der Waals surface area contributed by atoms with Gasteiger partial charge in [0.25, 0.3) is 11.5 Å². The fourth-order valence-corrected chi connectivity index (χ4v) is 3.94. The van der Waals surface area contributed by atoms with E-state index in [1.807, 2.05) is 29.2 Å². The third-order valence-electron chi connectivity index (χ3n) is 6.29. The molecule has 35 heavy (non-hydrogen) atoms. The number of nitrogens with zero attached hydrogens (tertiary/aromatic N) is 6. The topological polar surface area (TPSA) is 103 Å². The van der Waals surface area contributed by atoms with Crippen LogP contribution in [0.2, 0.25) is 0 Å². The summed E-state index contributed by atoms with van der Waals surface area (Å²) in [5.41, 5.74) is 1.76. The summed E-state index contributed by atoms with van der Waals surface area (Å²) in [6, 6.07) is 10.9. The SMILES string of the molecule is COC(C)(C)C(=O)N(C)c1ccc([C@H]2CN(c3nc(-c4ccncn4)cc(=O)n3C)CCO2)cc1. The minimum Gasteiger partial charge on any atom is -0.370 e. The molecule has 0 radical (unpaired) electrons. The predicted molar refractivity (Wildman–Crippen MR) is 132 cm³/mol. The molecule has 10 heteroatoms. The van der Waals surface area contributed by atoms with Crippen LogP contribution in [0.15, 0.2) is 53.7 Å². The molecule has 0 bridgehead atoms. The Balaban J connectivity index is 1.55. The van der Waals surface area contributed by atoms with E-state index in [0.29, 0.717) is 37.0 Å². The van der Waals surface area contributed by atoms with Crippen molar-refractivity contribution in [2.75, 3.05) is 43.7 Å². The van der Waals surface area contributed by atoms with Crippen LogP contribution in [0, 0.1) is 0 Å². The lowest BCUT2D eigenvalue weighted by Gasteiger charge is -2.34. The Morgan fingerprint density at radius 3 is 2.60 bits per heavy atom. The average molecular weight is 479 g/mol. The van der Waals surface area contributed by atoms with Gasteiger partial charge < -0.3 is 19.3 Å². The van der Waals surface area contributed by atoms with Crippen molar-refractivity contribution in [3.05, 3.63) is 64.8 Å². The van der Waals surface area contributed by atoms with Gasteiger partial charge in [-0.1, -0.05) is 12.1 Å². The van der Waals surface area contributed by atoms with Crippen molar-refractivity contribution in [3.63, 3.8) is 0 Å². The Morgan fingerprint density at radius 2 is 1.94 bits per heavy atom. The molecule has 0 N–H and O–H groups in total. The number of morpholine rings is 1. The number of carbonyl (C=O) groups is 1. The summed E-state index contributed by atoms with van der Waals surface area (Å²) in [4.78, 5) is 41.9. The molecule has 3 aromatic rings. The van der Waals surface area contributed by atoms with Gasteiger partial charge in [-0.2, -0.15) is 0 Å². The fraction of sp³-hybridized carbons (Fsp3) is 0.400. The van der Waals surface area contributed by atoms with E-state index in [0.717, 1.165) is 11.3 Å². The summed E-state index contributed by atoms with van der Waals surface area (Å²) < 4.78 is 12.9. The van der Waals surface area contributed by atoms with Gasteiger partial charge in [-0.25, -0.2) is 15.0 Å². The maximum atomic E-state index is 12.7. The lowest BCUT2D eigenvalue weighted by Crippen LogP contribution is -2.44. The number of ether oxygens (including phenoxy) is 2. The van der Waals surface area contributed by atoms with Crippen molar-refractivity contribution in [1.29, 1.82) is 0 Å². The maximum absolute atomic E-state index is 12.7. The van der Waals surface area contributed by atoms with Gasteiger partial charge in [0.2, 0.25) is 5.95 Å². The zero-order valence-electron chi connectivity index (χ0n) is 20.6. The van der Waals surface area contributed by atoms with E-state index in [9.17, 15) is 9.59 Å². The van der Waals surface area contributed by atoms with Crippen molar-refractivity contribution in [2.24, 2.45) is 7.05 Å². The van der Waals surface area contributed by atoms with E-state index in [4.69, 9.17) is 14.5 Å². The van der Waals surface area contributed by atoms with E-state index in [-0.39, 0.29) is 17.6 Å². The van der Waals surface area contributed by atoms with Crippen molar-refractivity contribution in [2.45, 2.75) is 25.6 Å². The van der Waals surface area contributed by atoms with Gasteiger partial charge in [-0.05, 0) is 37.6 Å². The summed E-state index contributed by atoms with van der Waals surface area (Å²) >= 11 is 0. The van der Waals surface area contributed by atoms with Crippen LogP contribution in [0.25, 0.3) is 11.4 Å². The van der Waals surface area contributed by atoms with Crippen LogP contribution < -0.4 is 15.4 Å². The molecule has 184 valence electrons. The summed E-state index contributed by atoms with van der Waals surface area (Å²) in [6.07, 6.45) is 2.84. The quantitative estimate of drug-likeness (QED) is 0.531. The second kappa shape index (κ2) is 9.93. The van der Waals surface area contributed by atoms with E-state index in [1.165, 1.54) is 24.1 Å². The van der Waals surface area contributed by atoms with Crippen molar-refractivity contribution in [3.8, 4) is 11.4 Å². The summed E-state index contributed by atoms with van der Waals surface area (Å²) in [5.74, 6) is 0.423. The second-order valence-corrected chi connectivity index (χ2v) is 8.91. The highest BCUT2D eigenvalue weighted by atomic mass is 16.5. The van der Waals surface area contributed by atoms with Gasteiger partial charge >= 0.3 is 0 Å². The molecular formula is C25H30N6O4.